The van der Waals surface area contributed by atoms with Gasteiger partial charge in [0.2, 0.25) is 0 Å². The van der Waals surface area contributed by atoms with Gasteiger partial charge in [-0.2, -0.15) is 0 Å². The first-order valence-corrected chi connectivity index (χ1v) is 8.29. The van der Waals surface area contributed by atoms with E-state index in [1.807, 2.05) is 0 Å². The average molecular weight is 290 g/mol. The van der Waals surface area contributed by atoms with Crippen molar-refractivity contribution in [2.45, 2.75) is 84.0 Å². The van der Waals surface area contributed by atoms with Gasteiger partial charge in [-0.25, -0.2) is 0 Å². The van der Waals surface area contributed by atoms with Crippen molar-refractivity contribution in [3.05, 3.63) is 0 Å². The minimum absolute atomic E-state index is 0.163. The summed E-state index contributed by atoms with van der Waals surface area (Å²) in [6, 6.07) is 0. The second-order valence-electron chi connectivity index (χ2n) is 5.22. The molecule has 0 amide bonds. The van der Waals surface area contributed by atoms with Gasteiger partial charge in [0.15, 0.2) is 0 Å². The third-order valence-electron chi connectivity index (χ3n) is 3.29. The Kier molecular flexibility index (Phi) is 15.5. The van der Waals surface area contributed by atoms with Gasteiger partial charge in [-0.1, -0.05) is 76.1 Å². The summed E-state index contributed by atoms with van der Waals surface area (Å²) in [5, 5.41) is 0. The Morgan fingerprint density at radius 3 is 2.00 bits per heavy atom. The molecule has 0 saturated heterocycles. The van der Waals surface area contributed by atoms with E-state index in [2.05, 4.69) is 35.3 Å². The number of methoxy groups -OCH3 is 1. The van der Waals surface area contributed by atoms with Gasteiger partial charge < -0.3 is 4.74 Å². The van der Waals surface area contributed by atoms with E-state index >= 15 is 0 Å². The lowest BCUT2D eigenvalue weighted by Crippen LogP contribution is -1.96. The van der Waals surface area contributed by atoms with Crippen molar-refractivity contribution < 1.29 is 9.53 Å². The van der Waals surface area contributed by atoms with E-state index in [0.717, 1.165) is 6.42 Å². The zero-order valence-electron chi connectivity index (χ0n) is 13.8. The highest BCUT2D eigenvalue weighted by Crippen LogP contribution is 2.10. The third-order valence-corrected chi connectivity index (χ3v) is 3.29. The number of rotatable bonds is 10. The van der Waals surface area contributed by atoms with Gasteiger partial charge in [-0.05, 0) is 6.42 Å². The fourth-order valence-electron chi connectivity index (χ4n) is 1.99. The minimum Gasteiger partial charge on any atom is -0.468 e. The lowest BCUT2D eigenvalue weighted by atomic mass is 10.1. The first-order valence-electron chi connectivity index (χ1n) is 8.29. The second-order valence-corrected chi connectivity index (χ2v) is 5.22. The lowest BCUT2D eigenvalue weighted by molar-refractivity contribution is -0.139. The number of carbonyl (C=O) groups excluding carboxylic acids is 1. The van der Waals surface area contributed by atoms with Gasteiger partial charge >= 0.3 is 5.97 Å². The monoisotopic (exact) mass is 290 g/mol. The summed E-state index contributed by atoms with van der Waals surface area (Å²) in [4.78, 5) is 10.8. The van der Waals surface area contributed by atoms with E-state index in [0.29, 0.717) is 6.42 Å². The van der Waals surface area contributed by atoms with Crippen molar-refractivity contribution in [3.8, 4) is 23.7 Å². The van der Waals surface area contributed by atoms with Crippen molar-refractivity contribution in [2.75, 3.05) is 7.11 Å². The molecule has 2 heteroatoms. The first kappa shape index (κ1) is 19.6. The van der Waals surface area contributed by atoms with Crippen LogP contribution in [0.15, 0.2) is 0 Å². The average Bonchev–Trinajstić information content (AvgIpc) is 2.50. The molecule has 0 aliphatic heterocycles. The van der Waals surface area contributed by atoms with Crippen molar-refractivity contribution in [1.82, 2.24) is 0 Å². The lowest BCUT2D eigenvalue weighted by Gasteiger charge is -2.00. The standard InChI is InChI=1S/C19H30O2/c1-3-4-5-6-7-8-9-10-11-12-13-14-15-16-17-18-19(20)21-2/h3-12,15,18H2,1-2H3. The van der Waals surface area contributed by atoms with Gasteiger partial charge in [-0.3, -0.25) is 4.79 Å². The van der Waals surface area contributed by atoms with Crippen molar-refractivity contribution in [1.29, 1.82) is 0 Å². The molecule has 0 aliphatic carbocycles. The summed E-state index contributed by atoms with van der Waals surface area (Å²) in [5.74, 6) is 11.5. The SMILES string of the molecule is CCCCCCCCCCCC#CCC#CCC(=O)OC. The molecular weight excluding hydrogens is 260 g/mol. The molecule has 0 radical (unpaired) electrons. The Bertz CT molecular complexity index is 362. The van der Waals surface area contributed by atoms with Gasteiger partial charge in [0.1, 0.15) is 6.42 Å². The third kappa shape index (κ3) is 16.5. The van der Waals surface area contributed by atoms with Crippen LogP contribution in [0, 0.1) is 23.7 Å². The maximum atomic E-state index is 10.8. The molecule has 118 valence electrons. The predicted molar refractivity (Wildman–Crippen MR) is 88.6 cm³/mol. The van der Waals surface area contributed by atoms with Crippen LogP contribution in [0.1, 0.15) is 84.0 Å². The van der Waals surface area contributed by atoms with Gasteiger partial charge in [-0.15, -0.1) is 5.92 Å². The number of hydrogen-bond donors (Lipinski definition) is 0. The normalized spacial score (nSPS) is 9.24. The van der Waals surface area contributed by atoms with E-state index in [1.165, 1.54) is 64.9 Å². The fraction of sp³-hybridized carbons (Fsp3) is 0.737. The quantitative estimate of drug-likeness (QED) is 0.326. The molecule has 0 heterocycles. The van der Waals surface area contributed by atoms with Gasteiger partial charge in [0, 0.05) is 6.42 Å². The molecule has 0 N–H and O–H groups in total. The Morgan fingerprint density at radius 1 is 0.810 bits per heavy atom. The van der Waals surface area contributed by atoms with E-state index in [9.17, 15) is 4.79 Å². The molecule has 0 aromatic rings. The molecule has 21 heavy (non-hydrogen) atoms. The van der Waals surface area contributed by atoms with E-state index in [1.54, 1.807) is 0 Å². The largest absolute Gasteiger partial charge is 0.468 e. The van der Waals surface area contributed by atoms with Crippen LogP contribution in [0.3, 0.4) is 0 Å². The summed E-state index contributed by atoms with van der Waals surface area (Å²) in [6.07, 6.45) is 13.8. The number of ether oxygens (including phenoxy) is 1. The number of esters is 1. The molecule has 0 saturated carbocycles. The van der Waals surface area contributed by atoms with Crippen LogP contribution in [0.4, 0.5) is 0 Å². The Balaban J connectivity index is 3.28. The Labute approximate surface area is 131 Å². The fourth-order valence-corrected chi connectivity index (χ4v) is 1.99. The summed E-state index contributed by atoms with van der Waals surface area (Å²) in [7, 11) is 1.37. The Hall–Kier alpha value is -1.41. The van der Waals surface area contributed by atoms with Crippen molar-refractivity contribution in [2.24, 2.45) is 0 Å². The zero-order chi connectivity index (χ0) is 15.6. The van der Waals surface area contributed by atoms with Crippen molar-refractivity contribution >= 4 is 5.97 Å². The molecule has 0 unspecified atom stereocenters. The summed E-state index contributed by atoms with van der Waals surface area (Å²) >= 11 is 0. The Morgan fingerprint density at radius 2 is 1.38 bits per heavy atom. The topological polar surface area (TPSA) is 26.3 Å². The van der Waals surface area contributed by atoms with Crippen molar-refractivity contribution in [3.63, 3.8) is 0 Å². The minimum atomic E-state index is -0.287. The molecule has 0 fully saturated rings. The van der Waals surface area contributed by atoms with Crippen LogP contribution >= 0.6 is 0 Å². The molecular formula is C19H30O2. The highest BCUT2D eigenvalue weighted by molar-refractivity contribution is 5.72. The van der Waals surface area contributed by atoms with Crippen LogP contribution in [0.25, 0.3) is 0 Å². The van der Waals surface area contributed by atoms with Crippen LogP contribution in [0.5, 0.6) is 0 Å². The van der Waals surface area contributed by atoms with Gasteiger partial charge in [0.25, 0.3) is 0 Å². The first-order chi connectivity index (χ1) is 10.3. The highest BCUT2D eigenvalue weighted by Gasteiger charge is 1.92. The maximum Gasteiger partial charge on any atom is 0.317 e. The molecule has 0 aromatic carbocycles. The number of unbranched alkanes of at least 4 members (excludes halogenated alkanes) is 9. The molecule has 0 bridgehead atoms. The van der Waals surface area contributed by atoms with Crippen LogP contribution in [-0.4, -0.2) is 13.1 Å². The molecule has 2 nitrogen and oxygen atoms in total. The smallest absolute Gasteiger partial charge is 0.317 e. The molecule has 0 rings (SSSR count). The van der Waals surface area contributed by atoms with E-state index < -0.39 is 0 Å². The molecule has 0 aliphatic rings. The molecule has 0 atom stereocenters. The second kappa shape index (κ2) is 16.6. The molecule has 0 aromatic heterocycles. The highest BCUT2D eigenvalue weighted by atomic mass is 16.5. The number of carbonyl (C=O) groups is 1. The van der Waals surface area contributed by atoms with Crippen LogP contribution < -0.4 is 0 Å². The summed E-state index contributed by atoms with van der Waals surface area (Å²) in [5.41, 5.74) is 0. The number of hydrogen-bond acceptors (Lipinski definition) is 2. The zero-order valence-corrected chi connectivity index (χ0v) is 13.8. The van der Waals surface area contributed by atoms with E-state index in [-0.39, 0.29) is 12.4 Å². The van der Waals surface area contributed by atoms with Crippen LogP contribution in [0.2, 0.25) is 0 Å². The predicted octanol–water partition coefficient (Wildman–Crippen LogP) is 4.87. The summed E-state index contributed by atoms with van der Waals surface area (Å²) in [6.45, 7) is 2.26. The maximum absolute atomic E-state index is 10.8. The van der Waals surface area contributed by atoms with Gasteiger partial charge in [0.05, 0.1) is 13.5 Å². The molecule has 0 spiro atoms. The summed E-state index contributed by atoms with van der Waals surface area (Å²) < 4.78 is 4.49. The van der Waals surface area contributed by atoms with E-state index in [4.69, 9.17) is 0 Å². The van der Waals surface area contributed by atoms with Crippen LogP contribution in [-0.2, 0) is 9.53 Å².